The molecule has 2 aromatic heterocycles. The van der Waals surface area contributed by atoms with Crippen molar-refractivity contribution in [1.29, 1.82) is 0 Å². The second kappa shape index (κ2) is 5.65. The van der Waals surface area contributed by atoms with Crippen molar-refractivity contribution in [2.45, 2.75) is 32.3 Å². The van der Waals surface area contributed by atoms with Crippen LogP contribution in [-0.4, -0.2) is 38.7 Å². The molecule has 110 valence electrons. The molecule has 3 rings (SSSR count). The van der Waals surface area contributed by atoms with E-state index >= 15 is 0 Å². The number of allylic oxidation sites excluding steroid dienone is 1. The minimum Gasteiger partial charge on any atom is -0.462 e. The lowest BCUT2D eigenvalue weighted by molar-refractivity contribution is 0.0528. The van der Waals surface area contributed by atoms with Gasteiger partial charge in [-0.15, -0.1) is 0 Å². The van der Waals surface area contributed by atoms with E-state index in [9.17, 15) is 9.90 Å². The van der Waals surface area contributed by atoms with Gasteiger partial charge in [0, 0.05) is 6.20 Å². The summed E-state index contributed by atoms with van der Waals surface area (Å²) >= 11 is 0. The largest absolute Gasteiger partial charge is 0.462 e. The van der Waals surface area contributed by atoms with Crippen LogP contribution in [-0.2, 0) is 4.74 Å². The minimum atomic E-state index is -0.378. The first-order valence-electron chi connectivity index (χ1n) is 7.07. The first-order valence-corrected chi connectivity index (χ1v) is 7.07. The van der Waals surface area contributed by atoms with E-state index in [-0.39, 0.29) is 12.1 Å². The Labute approximate surface area is 121 Å². The molecule has 1 aliphatic carbocycles. The zero-order chi connectivity index (χ0) is 14.8. The van der Waals surface area contributed by atoms with Crippen LogP contribution in [0, 0.1) is 0 Å². The van der Waals surface area contributed by atoms with E-state index in [4.69, 9.17) is 4.74 Å². The van der Waals surface area contributed by atoms with Gasteiger partial charge in [0.2, 0.25) is 0 Å². The fourth-order valence-corrected chi connectivity index (χ4v) is 2.61. The smallest absolute Gasteiger partial charge is 0.340 e. The number of H-pyrrole nitrogens is 1. The first kappa shape index (κ1) is 13.8. The lowest BCUT2D eigenvalue weighted by atomic mass is 9.93. The summed E-state index contributed by atoms with van der Waals surface area (Å²) in [6, 6.07) is 0. The molecule has 0 fully saturated rings. The Morgan fingerprint density at radius 2 is 2.38 bits per heavy atom. The minimum absolute atomic E-state index is 0.290. The number of hydrogen-bond donors (Lipinski definition) is 2. The predicted molar refractivity (Wildman–Crippen MR) is 77.7 cm³/mol. The van der Waals surface area contributed by atoms with Gasteiger partial charge in [0.25, 0.3) is 0 Å². The van der Waals surface area contributed by atoms with Crippen LogP contribution < -0.4 is 0 Å². The SMILES string of the molecule is CCOC(=O)c1c[nH]c2ncnc(C3=CCC(O)CC3)c12. The van der Waals surface area contributed by atoms with Crippen molar-refractivity contribution < 1.29 is 14.6 Å². The standard InChI is InChI=1S/C15H17N3O3/c1-2-21-15(20)11-7-16-14-12(11)13(17-8-18-14)9-3-5-10(19)6-4-9/h3,7-8,10,19H,2,4-6H2,1H3,(H,16,17,18). The average molecular weight is 287 g/mol. The Kier molecular flexibility index (Phi) is 3.70. The van der Waals surface area contributed by atoms with E-state index in [1.165, 1.54) is 6.33 Å². The molecule has 2 aromatic rings. The lowest BCUT2D eigenvalue weighted by Gasteiger charge is -2.17. The molecule has 0 radical (unpaired) electrons. The molecule has 0 spiro atoms. The maximum atomic E-state index is 12.0. The summed E-state index contributed by atoms with van der Waals surface area (Å²) in [6.45, 7) is 2.10. The maximum Gasteiger partial charge on any atom is 0.340 e. The summed E-state index contributed by atoms with van der Waals surface area (Å²) in [7, 11) is 0. The van der Waals surface area contributed by atoms with Crippen LogP contribution in [0.3, 0.4) is 0 Å². The molecule has 2 N–H and O–H groups in total. The molecule has 0 saturated heterocycles. The van der Waals surface area contributed by atoms with E-state index in [1.807, 2.05) is 6.08 Å². The third-order valence-electron chi connectivity index (χ3n) is 3.65. The summed E-state index contributed by atoms with van der Waals surface area (Å²) in [6.07, 6.45) is 6.84. The molecule has 0 saturated carbocycles. The number of rotatable bonds is 3. The van der Waals surface area contributed by atoms with Crippen molar-refractivity contribution in [3.05, 3.63) is 29.9 Å². The molecule has 0 aliphatic heterocycles. The summed E-state index contributed by atoms with van der Waals surface area (Å²) in [5.74, 6) is -0.378. The number of aliphatic hydroxyl groups excluding tert-OH is 1. The van der Waals surface area contributed by atoms with E-state index in [0.717, 1.165) is 17.7 Å². The number of carbonyl (C=O) groups is 1. The molecule has 1 unspecified atom stereocenters. The number of hydrogen-bond acceptors (Lipinski definition) is 5. The van der Waals surface area contributed by atoms with Crippen molar-refractivity contribution in [2.75, 3.05) is 6.61 Å². The van der Waals surface area contributed by atoms with Crippen molar-refractivity contribution in [2.24, 2.45) is 0 Å². The zero-order valence-electron chi connectivity index (χ0n) is 11.8. The number of ether oxygens (including phenoxy) is 1. The normalized spacial score (nSPS) is 18.6. The fourth-order valence-electron chi connectivity index (χ4n) is 2.61. The van der Waals surface area contributed by atoms with Crippen LogP contribution in [0.4, 0.5) is 0 Å². The van der Waals surface area contributed by atoms with Gasteiger partial charge in [-0.25, -0.2) is 14.8 Å². The highest BCUT2D eigenvalue weighted by Gasteiger charge is 2.21. The van der Waals surface area contributed by atoms with E-state index in [1.54, 1.807) is 13.1 Å². The number of carbonyl (C=O) groups excluding carboxylic acids is 1. The van der Waals surface area contributed by atoms with Crippen LogP contribution in [0.5, 0.6) is 0 Å². The number of fused-ring (bicyclic) bond motifs is 1. The van der Waals surface area contributed by atoms with Crippen LogP contribution >= 0.6 is 0 Å². The highest BCUT2D eigenvalue weighted by molar-refractivity contribution is 6.06. The third kappa shape index (κ3) is 2.54. The Morgan fingerprint density at radius 1 is 1.52 bits per heavy atom. The topological polar surface area (TPSA) is 88.1 Å². The van der Waals surface area contributed by atoms with Gasteiger partial charge in [0.15, 0.2) is 0 Å². The lowest BCUT2D eigenvalue weighted by Crippen LogP contribution is -2.11. The molecule has 2 heterocycles. The number of aromatic amines is 1. The number of nitrogens with zero attached hydrogens (tertiary/aromatic N) is 2. The van der Waals surface area contributed by atoms with Crippen molar-refractivity contribution >= 4 is 22.6 Å². The molecule has 0 aromatic carbocycles. The Hall–Kier alpha value is -2.21. The molecule has 21 heavy (non-hydrogen) atoms. The third-order valence-corrected chi connectivity index (χ3v) is 3.65. The number of aliphatic hydroxyl groups is 1. The van der Waals surface area contributed by atoms with E-state index in [0.29, 0.717) is 36.0 Å². The zero-order valence-corrected chi connectivity index (χ0v) is 11.8. The van der Waals surface area contributed by atoms with Gasteiger partial charge < -0.3 is 14.8 Å². The van der Waals surface area contributed by atoms with Crippen molar-refractivity contribution in [3.8, 4) is 0 Å². The van der Waals surface area contributed by atoms with Crippen LogP contribution in [0.2, 0.25) is 0 Å². The second-order valence-electron chi connectivity index (χ2n) is 5.03. The summed E-state index contributed by atoms with van der Waals surface area (Å²) in [5.41, 5.74) is 2.86. The van der Waals surface area contributed by atoms with Crippen LogP contribution in [0.15, 0.2) is 18.6 Å². The summed E-state index contributed by atoms with van der Waals surface area (Å²) < 4.78 is 5.08. The predicted octanol–water partition coefficient (Wildman–Crippen LogP) is 2.06. The summed E-state index contributed by atoms with van der Waals surface area (Å²) in [4.78, 5) is 23.5. The quantitative estimate of drug-likeness (QED) is 0.844. The molecule has 0 bridgehead atoms. The van der Waals surface area contributed by atoms with Crippen molar-refractivity contribution in [1.82, 2.24) is 15.0 Å². The van der Waals surface area contributed by atoms with Crippen LogP contribution in [0.1, 0.15) is 42.2 Å². The average Bonchev–Trinajstić information content (AvgIpc) is 2.92. The molecule has 0 amide bonds. The number of nitrogens with one attached hydrogen (secondary N) is 1. The van der Waals surface area contributed by atoms with E-state index < -0.39 is 0 Å². The molecular formula is C15H17N3O3. The molecule has 1 aliphatic rings. The van der Waals surface area contributed by atoms with Crippen LogP contribution in [0.25, 0.3) is 16.6 Å². The van der Waals surface area contributed by atoms with Gasteiger partial charge >= 0.3 is 5.97 Å². The van der Waals surface area contributed by atoms with Gasteiger partial charge in [0.05, 0.1) is 29.4 Å². The van der Waals surface area contributed by atoms with E-state index in [2.05, 4.69) is 15.0 Å². The second-order valence-corrected chi connectivity index (χ2v) is 5.03. The van der Waals surface area contributed by atoms with Gasteiger partial charge in [-0.3, -0.25) is 0 Å². The van der Waals surface area contributed by atoms with Gasteiger partial charge in [-0.1, -0.05) is 6.08 Å². The number of esters is 1. The monoisotopic (exact) mass is 287 g/mol. The highest BCUT2D eigenvalue weighted by atomic mass is 16.5. The Morgan fingerprint density at radius 3 is 3.10 bits per heavy atom. The highest BCUT2D eigenvalue weighted by Crippen LogP contribution is 2.31. The number of aromatic nitrogens is 3. The Balaban J connectivity index is 2.10. The van der Waals surface area contributed by atoms with Crippen molar-refractivity contribution in [3.63, 3.8) is 0 Å². The molecule has 6 heteroatoms. The molecule has 1 atom stereocenters. The summed E-state index contributed by atoms with van der Waals surface area (Å²) in [5, 5.41) is 10.3. The molecule has 6 nitrogen and oxygen atoms in total. The van der Waals surface area contributed by atoms with Gasteiger partial charge in [-0.2, -0.15) is 0 Å². The maximum absolute atomic E-state index is 12.0. The van der Waals surface area contributed by atoms with Gasteiger partial charge in [0.1, 0.15) is 12.0 Å². The molecular weight excluding hydrogens is 270 g/mol. The fraction of sp³-hybridized carbons (Fsp3) is 0.400. The Bertz CT molecular complexity index is 705. The first-order chi connectivity index (χ1) is 10.2. The van der Waals surface area contributed by atoms with Gasteiger partial charge in [-0.05, 0) is 31.8 Å².